The van der Waals surface area contributed by atoms with E-state index in [4.69, 9.17) is 4.74 Å². The van der Waals surface area contributed by atoms with Crippen molar-refractivity contribution in [2.45, 2.75) is 132 Å². The van der Waals surface area contributed by atoms with Crippen molar-refractivity contribution in [2.24, 2.45) is 44.3 Å². The fraction of sp³-hybridized carbons (Fsp3) is 0.750. The number of carboxylic acid groups (broad SMARTS) is 1. The normalized spacial score (nSPS) is 36.9. The number of nitrogens with one attached hydrogen (secondary N) is 1. The molecule has 4 fully saturated rings. The summed E-state index contributed by atoms with van der Waals surface area (Å²) >= 11 is 0. The number of hydrogen-bond donors (Lipinski definition) is 2. The van der Waals surface area contributed by atoms with Crippen molar-refractivity contribution < 1.29 is 28.7 Å². The lowest BCUT2D eigenvalue weighted by atomic mass is 9.34. The molecular weight excluding hydrogens is 636 g/mol. The van der Waals surface area contributed by atoms with E-state index in [-0.39, 0.29) is 55.6 Å². The van der Waals surface area contributed by atoms with Gasteiger partial charge in [0, 0.05) is 18.4 Å². The van der Waals surface area contributed by atoms with Gasteiger partial charge in [-0.2, -0.15) is 0 Å². The summed E-state index contributed by atoms with van der Waals surface area (Å²) < 4.78 is 7.17. The first-order chi connectivity index (χ1) is 23.6. The van der Waals surface area contributed by atoms with Crippen LogP contribution in [0.1, 0.15) is 146 Å². The predicted octanol–water partition coefficient (Wildman–Crippen LogP) is 9.07. The van der Waals surface area contributed by atoms with E-state index < -0.39 is 11.9 Å². The molecule has 7 heteroatoms. The van der Waals surface area contributed by atoms with Gasteiger partial charge in [0.2, 0.25) is 5.91 Å². The Bertz CT molecular complexity index is 1600. The summed E-state index contributed by atoms with van der Waals surface area (Å²) in [5.41, 5.74) is 3.09. The summed E-state index contributed by atoms with van der Waals surface area (Å²) in [5.74, 6) is -0.438. The van der Waals surface area contributed by atoms with Crippen molar-refractivity contribution in [3.05, 3.63) is 46.5 Å². The molecule has 0 aromatic heterocycles. The molecule has 1 unspecified atom stereocenters. The Kier molecular flexibility index (Phi) is 9.50. The van der Waals surface area contributed by atoms with Crippen LogP contribution in [-0.2, 0) is 9.53 Å². The van der Waals surface area contributed by atoms with E-state index in [9.17, 15) is 19.5 Å². The number of carbonyl (C=O) groups is 3. The molecule has 51 heavy (non-hydrogen) atoms. The monoisotopic (exact) mass is 704 g/mol. The van der Waals surface area contributed by atoms with Crippen molar-refractivity contribution in [2.75, 3.05) is 34.2 Å². The number of benzene rings is 1. The molecule has 1 aromatic rings. The van der Waals surface area contributed by atoms with Crippen LogP contribution in [0.15, 0.2) is 35.4 Å². The van der Waals surface area contributed by atoms with Crippen LogP contribution in [0.2, 0.25) is 0 Å². The number of aromatic carboxylic acids is 1. The Labute approximate surface area is 307 Å². The number of quaternary nitrogens is 1. The van der Waals surface area contributed by atoms with Gasteiger partial charge in [-0.25, -0.2) is 9.59 Å². The second-order valence-electron chi connectivity index (χ2n) is 20.5. The number of hydrogen-bond acceptors (Lipinski definition) is 4. The van der Waals surface area contributed by atoms with Gasteiger partial charge in [-0.05, 0) is 116 Å². The maximum absolute atomic E-state index is 14.4. The fourth-order valence-electron chi connectivity index (χ4n) is 12.8. The van der Waals surface area contributed by atoms with Crippen LogP contribution in [0.3, 0.4) is 0 Å². The predicted molar refractivity (Wildman–Crippen MR) is 202 cm³/mol. The third-order valence-corrected chi connectivity index (χ3v) is 15.8. The molecule has 7 nitrogen and oxygen atoms in total. The van der Waals surface area contributed by atoms with Gasteiger partial charge >= 0.3 is 11.9 Å². The summed E-state index contributed by atoms with van der Waals surface area (Å²) in [6.45, 7) is 18.9. The standard InChI is InChI=1S/C44H66N2O5/c1-39(2)22-24-44(38(50)45-26-13-27-46(8,9)10)25-23-42(6)31(32(44)28-39)16-17-34-41(5)20-19-35(40(3,4)33(41)18-21-43(34,42)7)51-37(49)30-15-12-11-14-29(30)36(47)48/h11-12,14-15,33-35H,13,16-28H2,1-10H3,(H-,45,47,48,50)/p+1/t33-,34?,35-,41-,42+,43+,44-/m0/s1. The van der Waals surface area contributed by atoms with Gasteiger partial charge in [-0.3, -0.25) is 4.79 Å². The van der Waals surface area contributed by atoms with Crippen molar-refractivity contribution in [3.8, 4) is 0 Å². The average molecular weight is 704 g/mol. The molecule has 1 amide bonds. The van der Waals surface area contributed by atoms with Crippen LogP contribution in [0.25, 0.3) is 0 Å². The average Bonchev–Trinajstić information content (AvgIpc) is 3.04. The molecule has 7 atom stereocenters. The minimum absolute atomic E-state index is 0.00930. The molecule has 2 N–H and O–H groups in total. The van der Waals surface area contributed by atoms with Crippen molar-refractivity contribution in [1.29, 1.82) is 0 Å². The van der Waals surface area contributed by atoms with E-state index in [1.165, 1.54) is 11.6 Å². The maximum Gasteiger partial charge on any atom is 0.339 e. The molecule has 0 spiro atoms. The smallest absolute Gasteiger partial charge is 0.339 e. The number of rotatable bonds is 8. The van der Waals surface area contributed by atoms with Gasteiger partial charge in [-0.15, -0.1) is 0 Å². The highest BCUT2D eigenvalue weighted by atomic mass is 16.5. The highest BCUT2D eigenvalue weighted by Gasteiger charge is 2.68. The quantitative estimate of drug-likeness (QED) is 0.122. The van der Waals surface area contributed by atoms with Gasteiger partial charge in [0.1, 0.15) is 6.10 Å². The summed E-state index contributed by atoms with van der Waals surface area (Å²) in [4.78, 5) is 39.7. The Balaban J connectivity index is 1.28. The molecule has 282 valence electrons. The first kappa shape index (κ1) is 38.1. The summed E-state index contributed by atoms with van der Waals surface area (Å²) in [6, 6.07) is 6.38. The van der Waals surface area contributed by atoms with Crippen molar-refractivity contribution in [3.63, 3.8) is 0 Å². The first-order valence-corrected chi connectivity index (χ1v) is 20.0. The lowest BCUT2D eigenvalue weighted by molar-refractivity contribution is -0.870. The molecule has 0 heterocycles. The Hall–Kier alpha value is -2.67. The molecular formula is C44H67N2O5+. The number of carbonyl (C=O) groups excluding carboxylic acids is 2. The zero-order valence-electron chi connectivity index (χ0n) is 33.5. The minimum Gasteiger partial charge on any atom is -0.478 e. The number of amides is 1. The van der Waals surface area contributed by atoms with Gasteiger partial charge in [-0.1, -0.05) is 71.7 Å². The molecule has 4 saturated carbocycles. The van der Waals surface area contributed by atoms with E-state index in [2.05, 4.69) is 74.9 Å². The zero-order valence-corrected chi connectivity index (χ0v) is 33.5. The van der Waals surface area contributed by atoms with Crippen molar-refractivity contribution in [1.82, 2.24) is 5.32 Å². The van der Waals surface area contributed by atoms with Gasteiger partial charge < -0.3 is 19.6 Å². The first-order valence-electron chi connectivity index (χ1n) is 20.0. The zero-order chi connectivity index (χ0) is 37.4. The Morgan fingerprint density at radius 2 is 1.49 bits per heavy atom. The van der Waals surface area contributed by atoms with Crippen LogP contribution in [-0.4, -0.2) is 67.8 Å². The molecule has 5 aliphatic rings. The van der Waals surface area contributed by atoms with E-state index in [0.717, 1.165) is 94.6 Å². The summed E-state index contributed by atoms with van der Waals surface area (Å²) in [6.07, 6.45) is 12.0. The second-order valence-corrected chi connectivity index (χ2v) is 20.5. The Morgan fingerprint density at radius 1 is 0.824 bits per heavy atom. The van der Waals surface area contributed by atoms with E-state index in [1.54, 1.807) is 23.8 Å². The number of carboxylic acids is 1. The highest BCUT2D eigenvalue weighted by Crippen LogP contribution is 2.75. The molecule has 0 radical (unpaired) electrons. The molecule has 0 bridgehead atoms. The molecule has 1 aromatic carbocycles. The number of nitrogens with zero attached hydrogens (tertiary/aromatic N) is 1. The van der Waals surface area contributed by atoms with E-state index >= 15 is 0 Å². The summed E-state index contributed by atoms with van der Waals surface area (Å²) in [5, 5.41) is 13.2. The molecule has 0 aliphatic heterocycles. The molecule has 0 saturated heterocycles. The largest absolute Gasteiger partial charge is 0.478 e. The molecule has 6 rings (SSSR count). The van der Waals surface area contributed by atoms with Crippen LogP contribution >= 0.6 is 0 Å². The molecule has 5 aliphatic carbocycles. The van der Waals surface area contributed by atoms with Crippen LogP contribution in [0.4, 0.5) is 0 Å². The van der Waals surface area contributed by atoms with Crippen molar-refractivity contribution >= 4 is 17.8 Å². The minimum atomic E-state index is -1.11. The lowest BCUT2D eigenvalue weighted by Crippen LogP contribution is -2.64. The lowest BCUT2D eigenvalue weighted by Gasteiger charge is -2.71. The number of allylic oxidation sites excluding steroid dienone is 1. The topological polar surface area (TPSA) is 92.7 Å². The highest BCUT2D eigenvalue weighted by molar-refractivity contribution is 6.02. The van der Waals surface area contributed by atoms with Crippen LogP contribution in [0, 0.1) is 44.3 Å². The number of esters is 1. The summed E-state index contributed by atoms with van der Waals surface area (Å²) in [7, 11) is 6.64. The maximum atomic E-state index is 14.4. The van der Waals surface area contributed by atoms with Gasteiger partial charge in [0.05, 0.1) is 44.2 Å². The SMILES string of the molecule is CC1(C)CC[C@]2(C(=O)NCCC[N+](C)(C)C)CC[C@]3(C)C(=C2C1)CCC1[C@@]2(C)CC[C@H](OC(=O)c4ccccc4C(=O)O)C(C)(C)[C@@H]2CC[C@]13C. The van der Waals surface area contributed by atoms with Gasteiger partial charge in [0.15, 0.2) is 0 Å². The second kappa shape index (κ2) is 12.7. The number of ether oxygens (including phenoxy) is 1. The third kappa shape index (κ3) is 6.19. The van der Waals surface area contributed by atoms with E-state index in [1.807, 2.05) is 0 Å². The van der Waals surface area contributed by atoms with E-state index in [0.29, 0.717) is 11.8 Å². The fourth-order valence-corrected chi connectivity index (χ4v) is 12.8. The van der Waals surface area contributed by atoms with Crippen LogP contribution < -0.4 is 5.32 Å². The third-order valence-electron chi connectivity index (χ3n) is 15.8. The van der Waals surface area contributed by atoms with Crippen LogP contribution in [0.5, 0.6) is 0 Å². The number of fused-ring (bicyclic) bond motifs is 6. The van der Waals surface area contributed by atoms with Gasteiger partial charge in [0.25, 0.3) is 0 Å². The Morgan fingerprint density at radius 3 is 2.16 bits per heavy atom.